The van der Waals surface area contributed by atoms with Crippen molar-refractivity contribution in [3.8, 4) is 0 Å². The van der Waals surface area contributed by atoms with Crippen molar-refractivity contribution in [2.24, 2.45) is 0 Å². The molecule has 1 saturated heterocycles. The summed E-state index contributed by atoms with van der Waals surface area (Å²) in [7, 11) is 0. The van der Waals surface area contributed by atoms with Crippen LogP contribution in [-0.2, 0) is 4.74 Å². The molecule has 0 saturated carbocycles. The zero-order valence-electron chi connectivity index (χ0n) is 11.9. The lowest BCUT2D eigenvalue weighted by Crippen LogP contribution is -2.50. The molecule has 2 rings (SSSR count). The first-order chi connectivity index (χ1) is 9.39. The molecule has 108 valence electrons. The van der Waals surface area contributed by atoms with E-state index in [4.69, 9.17) is 11.3 Å². The Balaban J connectivity index is 1.89. The summed E-state index contributed by atoms with van der Waals surface area (Å²) in [5, 5.41) is 1.44. The molecule has 2 heterocycles. The van der Waals surface area contributed by atoms with Gasteiger partial charge in [-0.05, 0) is 20.8 Å². The second-order valence-corrected chi connectivity index (χ2v) is 6.53. The zero-order chi connectivity index (χ0) is 14.8. The summed E-state index contributed by atoms with van der Waals surface area (Å²) < 4.78 is 5.36. The topological polar surface area (TPSA) is 50.0 Å². The van der Waals surface area contributed by atoms with E-state index < -0.39 is 5.60 Å². The summed E-state index contributed by atoms with van der Waals surface area (Å²) in [5.74, 6) is 0. The molecule has 0 unspecified atom stereocenters. The third-order valence-corrected chi connectivity index (χ3v) is 3.75. The molecular formula is C13H18N4O2S. The Labute approximate surface area is 122 Å². The molecule has 1 amide bonds. The minimum Gasteiger partial charge on any atom is -0.444 e. The van der Waals surface area contributed by atoms with Crippen LogP contribution in [0.25, 0.3) is 4.85 Å². The molecule has 1 aliphatic heterocycles. The summed E-state index contributed by atoms with van der Waals surface area (Å²) in [4.78, 5) is 23.4. The van der Waals surface area contributed by atoms with Gasteiger partial charge in [0, 0.05) is 32.4 Å². The van der Waals surface area contributed by atoms with Crippen LogP contribution in [0.2, 0.25) is 0 Å². The van der Waals surface area contributed by atoms with E-state index in [9.17, 15) is 4.79 Å². The van der Waals surface area contributed by atoms with Crippen molar-refractivity contribution < 1.29 is 9.53 Å². The number of carbonyl (C=O) groups is 1. The van der Waals surface area contributed by atoms with Gasteiger partial charge in [0.2, 0.25) is 0 Å². The predicted octanol–water partition coefficient (Wildman–Crippen LogP) is 2.75. The van der Waals surface area contributed by atoms with Crippen LogP contribution in [0, 0.1) is 6.57 Å². The van der Waals surface area contributed by atoms with Gasteiger partial charge >= 0.3 is 6.09 Å². The SMILES string of the molecule is [C-]#[N+]c1cnc(N2CCN(C(=O)OC(C)(C)C)CC2)s1. The summed E-state index contributed by atoms with van der Waals surface area (Å²) in [5.41, 5.74) is -0.464. The summed E-state index contributed by atoms with van der Waals surface area (Å²) in [6, 6.07) is 0. The van der Waals surface area contributed by atoms with Crippen LogP contribution < -0.4 is 4.90 Å². The molecule has 1 aromatic heterocycles. The number of amides is 1. The Bertz CT molecular complexity index is 521. The van der Waals surface area contributed by atoms with Crippen LogP contribution >= 0.6 is 11.3 Å². The number of anilines is 1. The van der Waals surface area contributed by atoms with E-state index in [1.807, 2.05) is 20.8 Å². The van der Waals surface area contributed by atoms with Crippen molar-refractivity contribution in [3.05, 3.63) is 17.6 Å². The summed E-state index contributed by atoms with van der Waals surface area (Å²) in [6.45, 7) is 15.2. The van der Waals surface area contributed by atoms with E-state index in [1.165, 1.54) is 11.3 Å². The van der Waals surface area contributed by atoms with Crippen molar-refractivity contribution in [2.75, 3.05) is 31.1 Å². The highest BCUT2D eigenvalue weighted by Crippen LogP contribution is 2.29. The summed E-state index contributed by atoms with van der Waals surface area (Å²) >= 11 is 1.38. The normalized spacial score (nSPS) is 15.9. The molecule has 7 heteroatoms. The quantitative estimate of drug-likeness (QED) is 0.747. The van der Waals surface area contributed by atoms with Crippen LogP contribution in [0.15, 0.2) is 6.20 Å². The van der Waals surface area contributed by atoms with Crippen LogP contribution in [0.4, 0.5) is 14.9 Å². The molecular weight excluding hydrogens is 276 g/mol. The number of rotatable bonds is 1. The maximum atomic E-state index is 11.9. The largest absolute Gasteiger partial charge is 0.444 e. The molecule has 0 bridgehead atoms. The molecule has 1 aliphatic rings. The van der Waals surface area contributed by atoms with Gasteiger partial charge < -0.3 is 14.5 Å². The Morgan fingerprint density at radius 2 is 2.05 bits per heavy atom. The molecule has 0 N–H and O–H groups in total. The fourth-order valence-corrected chi connectivity index (χ4v) is 2.62. The third kappa shape index (κ3) is 3.61. The number of carbonyl (C=O) groups excluding carboxylic acids is 1. The van der Waals surface area contributed by atoms with E-state index in [2.05, 4.69) is 14.7 Å². The van der Waals surface area contributed by atoms with Crippen molar-refractivity contribution in [2.45, 2.75) is 26.4 Å². The zero-order valence-corrected chi connectivity index (χ0v) is 12.7. The Hall–Kier alpha value is -1.81. The predicted molar refractivity (Wildman–Crippen MR) is 78.4 cm³/mol. The molecule has 6 nitrogen and oxygen atoms in total. The van der Waals surface area contributed by atoms with Gasteiger partial charge in [-0.1, -0.05) is 0 Å². The monoisotopic (exact) mass is 294 g/mol. The van der Waals surface area contributed by atoms with E-state index in [0.29, 0.717) is 31.2 Å². The number of piperazine rings is 1. The van der Waals surface area contributed by atoms with Crippen LogP contribution in [0.3, 0.4) is 0 Å². The van der Waals surface area contributed by atoms with E-state index in [-0.39, 0.29) is 6.09 Å². The van der Waals surface area contributed by atoms with Crippen LogP contribution in [-0.4, -0.2) is 47.8 Å². The van der Waals surface area contributed by atoms with E-state index >= 15 is 0 Å². The molecule has 0 atom stereocenters. The van der Waals surface area contributed by atoms with Gasteiger partial charge in [-0.3, -0.25) is 0 Å². The van der Waals surface area contributed by atoms with Crippen LogP contribution in [0.5, 0.6) is 0 Å². The third-order valence-electron chi connectivity index (χ3n) is 2.79. The van der Waals surface area contributed by atoms with Crippen molar-refractivity contribution >= 4 is 27.6 Å². The molecule has 0 aliphatic carbocycles. The standard InChI is InChI=1S/C13H18N4O2S/c1-13(2,3)19-12(18)17-7-5-16(6-8-17)11-15-9-10(14-4)20-11/h9H,5-8H2,1-3H3. The van der Waals surface area contributed by atoms with Crippen molar-refractivity contribution in [3.63, 3.8) is 0 Å². The number of hydrogen-bond donors (Lipinski definition) is 0. The van der Waals surface area contributed by atoms with Gasteiger partial charge in [-0.25, -0.2) is 14.6 Å². The molecule has 0 spiro atoms. The number of aromatic nitrogens is 1. The maximum absolute atomic E-state index is 11.9. The lowest BCUT2D eigenvalue weighted by Gasteiger charge is -2.35. The minimum absolute atomic E-state index is 0.266. The first kappa shape index (κ1) is 14.6. The van der Waals surface area contributed by atoms with Gasteiger partial charge in [0.15, 0.2) is 5.13 Å². The number of ether oxygens (including phenoxy) is 1. The first-order valence-corrected chi connectivity index (χ1v) is 7.27. The Morgan fingerprint density at radius 1 is 1.40 bits per heavy atom. The minimum atomic E-state index is -0.464. The highest BCUT2D eigenvalue weighted by Gasteiger charge is 2.26. The second kappa shape index (κ2) is 5.67. The smallest absolute Gasteiger partial charge is 0.410 e. The lowest BCUT2D eigenvalue weighted by atomic mass is 10.2. The van der Waals surface area contributed by atoms with Gasteiger partial charge in [0.1, 0.15) is 5.60 Å². The van der Waals surface area contributed by atoms with Gasteiger partial charge in [-0.15, -0.1) is 11.3 Å². The molecule has 20 heavy (non-hydrogen) atoms. The Kier molecular flexibility index (Phi) is 4.14. The van der Waals surface area contributed by atoms with Crippen molar-refractivity contribution in [1.29, 1.82) is 0 Å². The molecule has 0 aromatic carbocycles. The fraction of sp³-hybridized carbons (Fsp3) is 0.615. The number of thiazole rings is 1. The number of nitrogens with zero attached hydrogens (tertiary/aromatic N) is 4. The maximum Gasteiger partial charge on any atom is 0.410 e. The number of hydrogen-bond acceptors (Lipinski definition) is 5. The molecule has 1 fully saturated rings. The van der Waals surface area contributed by atoms with Crippen LogP contribution in [0.1, 0.15) is 20.8 Å². The molecule has 1 aromatic rings. The average molecular weight is 294 g/mol. The van der Waals surface area contributed by atoms with Gasteiger partial charge in [0.25, 0.3) is 5.00 Å². The molecule has 0 radical (unpaired) electrons. The first-order valence-electron chi connectivity index (χ1n) is 6.45. The van der Waals surface area contributed by atoms with Gasteiger partial charge in [-0.2, -0.15) is 0 Å². The lowest BCUT2D eigenvalue weighted by molar-refractivity contribution is 0.0240. The average Bonchev–Trinajstić information content (AvgIpc) is 2.85. The summed E-state index contributed by atoms with van der Waals surface area (Å²) in [6.07, 6.45) is 1.32. The van der Waals surface area contributed by atoms with E-state index in [0.717, 1.165) is 5.13 Å². The fourth-order valence-electron chi connectivity index (χ4n) is 1.86. The second-order valence-electron chi connectivity index (χ2n) is 5.55. The van der Waals surface area contributed by atoms with E-state index in [1.54, 1.807) is 11.1 Å². The highest BCUT2D eigenvalue weighted by molar-refractivity contribution is 7.19. The van der Waals surface area contributed by atoms with Crippen molar-refractivity contribution in [1.82, 2.24) is 9.88 Å². The Morgan fingerprint density at radius 3 is 2.55 bits per heavy atom. The van der Waals surface area contributed by atoms with Gasteiger partial charge in [0.05, 0.1) is 6.57 Å². The highest BCUT2D eigenvalue weighted by atomic mass is 32.1.